The number of rotatable bonds is 4. The van der Waals surface area contributed by atoms with E-state index >= 15 is 0 Å². The third-order valence-corrected chi connectivity index (χ3v) is 2.25. The Labute approximate surface area is 118 Å². The van der Waals surface area contributed by atoms with Crippen LogP contribution in [0.5, 0.6) is 5.75 Å². The van der Waals surface area contributed by atoms with Crippen LogP contribution in [-0.4, -0.2) is 31.3 Å². The number of hydrogen-bond acceptors (Lipinski definition) is 4. The number of amides is 2. The van der Waals surface area contributed by atoms with E-state index in [1.54, 1.807) is 52.1 Å². The Kier molecular flexibility index (Phi) is 4.96. The lowest BCUT2D eigenvalue weighted by Gasteiger charge is -2.24. The maximum absolute atomic E-state index is 11.9. The van der Waals surface area contributed by atoms with Gasteiger partial charge in [0.15, 0.2) is 6.61 Å². The van der Waals surface area contributed by atoms with E-state index in [9.17, 15) is 9.59 Å². The second kappa shape index (κ2) is 6.27. The monoisotopic (exact) mass is 280 g/mol. The van der Waals surface area contributed by atoms with Gasteiger partial charge < -0.3 is 15.2 Å². The van der Waals surface area contributed by atoms with Crippen molar-refractivity contribution in [3.05, 3.63) is 24.3 Å². The van der Waals surface area contributed by atoms with E-state index in [-0.39, 0.29) is 6.61 Å². The number of benzene rings is 1. The number of anilines is 1. The Balaban J connectivity index is 2.77. The van der Waals surface area contributed by atoms with E-state index in [0.717, 1.165) is 0 Å². The molecule has 0 saturated carbocycles. The molecule has 0 unspecified atom stereocenters. The fourth-order valence-corrected chi connectivity index (χ4v) is 1.37. The largest absolute Gasteiger partial charge is 0.484 e. The van der Waals surface area contributed by atoms with Crippen molar-refractivity contribution in [2.75, 3.05) is 18.6 Å². The van der Waals surface area contributed by atoms with Gasteiger partial charge in [-0.2, -0.15) is 0 Å². The van der Waals surface area contributed by atoms with Gasteiger partial charge >= 0.3 is 6.09 Å². The minimum atomic E-state index is -0.564. The predicted octanol–water partition coefficient (Wildman–Crippen LogP) is 1.92. The summed E-state index contributed by atoms with van der Waals surface area (Å²) in [6.45, 7) is 5.18. The molecule has 0 aliphatic heterocycles. The van der Waals surface area contributed by atoms with Crippen LogP contribution in [0.15, 0.2) is 24.3 Å². The van der Waals surface area contributed by atoms with Gasteiger partial charge in [0.25, 0.3) is 5.91 Å². The normalized spacial score (nSPS) is 10.8. The maximum atomic E-state index is 11.9. The quantitative estimate of drug-likeness (QED) is 0.913. The molecular formula is C14H20N2O4. The molecule has 0 saturated heterocycles. The second-order valence-corrected chi connectivity index (χ2v) is 5.29. The third-order valence-electron chi connectivity index (χ3n) is 2.25. The summed E-state index contributed by atoms with van der Waals surface area (Å²) in [5, 5.41) is 0. The minimum absolute atomic E-state index is 0.209. The SMILES string of the molecule is CN(C(=O)OC(C)(C)C)c1cccc(OCC(N)=O)c1. The van der Waals surface area contributed by atoms with Gasteiger partial charge in [-0.1, -0.05) is 6.07 Å². The van der Waals surface area contributed by atoms with Gasteiger partial charge in [0, 0.05) is 13.1 Å². The summed E-state index contributed by atoms with van der Waals surface area (Å²) in [7, 11) is 1.60. The standard InChI is InChI=1S/C14H20N2O4/c1-14(2,3)20-13(18)16(4)10-6-5-7-11(8-10)19-9-12(15)17/h5-8H,9H2,1-4H3,(H2,15,17). The molecule has 0 aliphatic carbocycles. The number of carbonyl (C=O) groups is 2. The van der Waals surface area contributed by atoms with Gasteiger partial charge in [0.1, 0.15) is 11.4 Å². The molecule has 6 nitrogen and oxygen atoms in total. The summed E-state index contributed by atoms with van der Waals surface area (Å²) in [5.74, 6) is -0.104. The molecule has 0 fully saturated rings. The number of carbonyl (C=O) groups excluding carboxylic acids is 2. The van der Waals surface area contributed by atoms with Gasteiger partial charge in [-0.25, -0.2) is 4.79 Å². The molecule has 0 bridgehead atoms. The first kappa shape index (κ1) is 15.8. The van der Waals surface area contributed by atoms with Crippen molar-refractivity contribution in [3.8, 4) is 5.75 Å². The molecule has 1 aromatic rings. The lowest BCUT2D eigenvalue weighted by atomic mass is 10.2. The zero-order chi connectivity index (χ0) is 15.3. The molecule has 0 heterocycles. The molecule has 1 aromatic carbocycles. The third kappa shape index (κ3) is 5.17. The van der Waals surface area contributed by atoms with Crippen molar-refractivity contribution in [1.82, 2.24) is 0 Å². The summed E-state index contributed by atoms with van der Waals surface area (Å²) in [4.78, 5) is 24.0. The fourth-order valence-electron chi connectivity index (χ4n) is 1.37. The summed E-state index contributed by atoms with van der Waals surface area (Å²) in [6, 6.07) is 6.76. The van der Waals surface area contributed by atoms with Crippen molar-refractivity contribution < 1.29 is 19.1 Å². The molecule has 0 aromatic heterocycles. The zero-order valence-corrected chi connectivity index (χ0v) is 12.2. The Hall–Kier alpha value is -2.24. The average Bonchev–Trinajstić information content (AvgIpc) is 2.33. The highest BCUT2D eigenvalue weighted by Crippen LogP contribution is 2.22. The van der Waals surface area contributed by atoms with Crippen LogP contribution in [0, 0.1) is 0 Å². The van der Waals surface area contributed by atoms with Crippen molar-refractivity contribution in [2.24, 2.45) is 5.73 Å². The van der Waals surface area contributed by atoms with Gasteiger partial charge in [-0.3, -0.25) is 9.69 Å². The molecule has 2 amide bonds. The van der Waals surface area contributed by atoms with Crippen molar-refractivity contribution >= 4 is 17.7 Å². The first-order chi connectivity index (χ1) is 9.19. The second-order valence-electron chi connectivity index (χ2n) is 5.29. The molecular weight excluding hydrogens is 260 g/mol. The first-order valence-electron chi connectivity index (χ1n) is 6.17. The number of nitrogens with zero attached hydrogens (tertiary/aromatic N) is 1. The van der Waals surface area contributed by atoms with Gasteiger partial charge in [0.2, 0.25) is 0 Å². The fraction of sp³-hybridized carbons (Fsp3) is 0.429. The van der Waals surface area contributed by atoms with E-state index in [2.05, 4.69) is 0 Å². The highest BCUT2D eigenvalue weighted by Gasteiger charge is 2.20. The predicted molar refractivity (Wildman–Crippen MR) is 75.8 cm³/mol. The van der Waals surface area contributed by atoms with E-state index < -0.39 is 17.6 Å². The number of primary amides is 1. The van der Waals surface area contributed by atoms with Gasteiger partial charge in [-0.15, -0.1) is 0 Å². The summed E-state index contributed by atoms with van der Waals surface area (Å²) >= 11 is 0. The van der Waals surface area contributed by atoms with Gasteiger partial charge in [-0.05, 0) is 32.9 Å². The Bertz CT molecular complexity index is 494. The Morgan fingerprint density at radius 3 is 2.50 bits per heavy atom. The topological polar surface area (TPSA) is 81.9 Å². The van der Waals surface area contributed by atoms with E-state index in [1.165, 1.54) is 4.90 Å². The molecule has 2 N–H and O–H groups in total. The molecule has 0 atom stereocenters. The smallest absolute Gasteiger partial charge is 0.414 e. The zero-order valence-electron chi connectivity index (χ0n) is 12.2. The van der Waals surface area contributed by atoms with Crippen LogP contribution in [-0.2, 0) is 9.53 Å². The van der Waals surface area contributed by atoms with Gasteiger partial charge in [0.05, 0.1) is 5.69 Å². The van der Waals surface area contributed by atoms with Crippen LogP contribution in [0.2, 0.25) is 0 Å². The molecule has 20 heavy (non-hydrogen) atoms. The van der Waals surface area contributed by atoms with Crippen LogP contribution in [0.4, 0.5) is 10.5 Å². The molecule has 0 radical (unpaired) electrons. The highest BCUT2D eigenvalue weighted by molar-refractivity contribution is 5.87. The summed E-state index contributed by atoms with van der Waals surface area (Å²) < 4.78 is 10.4. The molecule has 1 rings (SSSR count). The lowest BCUT2D eigenvalue weighted by molar-refractivity contribution is -0.119. The average molecular weight is 280 g/mol. The van der Waals surface area contributed by atoms with Crippen LogP contribution < -0.4 is 15.4 Å². The van der Waals surface area contributed by atoms with Crippen molar-refractivity contribution in [2.45, 2.75) is 26.4 Å². The van der Waals surface area contributed by atoms with Crippen molar-refractivity contribution in [1.29, 1.82) is 0 Å². The molecule has 0 spiro atoms. The number of ether oxygens (including phenoxy) is 2. The highest BCUT2D eigenvalue weighted by atomic mass is 16.6. The Morgan fingerprint density at radius 1 is 1.30 bits per heavy atom. The van der Waals surface area contributed by atoms with Crippen LogP contribution in [0.1, 0.15) is 20.8 Å². The molecule has 6 heteroatoms. The van der Waals surface area contributed by atoms with Crippen LogP contribution in [0.3, 0.4) is 0 Å². The number of hydrogen-bond donors (Lipinski definition) is 1. The molecule has 110 valence electrons. The Morgan fingerprint density at radius 2 is 1.95 bits per heavy atom. The first-order valence-corrected chi connectivity index (χ1v) is 6.17. The molecule has 0 aliphatic rings. The van der Waals surface area contributed by atoms with Crippen LogP contribution >= 0.6 is 0 Å². The van der Waals surface area contributed by atoms with Crippen LogP contribution in [0.25, 0.3) is 0 Å². The van der Waals surface area contributed by atoms with E-state index in [1.807, 2.05) is 0 Å². The maximum Gasteiger partial charge on any atom is 0.414 e. The lowest BCUT2D eigenvalue weighted by Crippen LogP contribution is -2.34. The van der Waals surface area contributed by atoms with E-state index in [0.29, 0.717) is 11.4 Å². The summed E-state index contributed by atoms with van der Waals surface area (Å²) in [5.41, 5.74) is 5.04. The number of nitrogens with two attached hydrogens (primary N) is 1. The summed E-state index contributed by atoms with van der Waals surface area (Å²) in [6.07, 6.45) is -0.468. The van der Waals surface area contributed by atoms with E-state index in [4.69, 9.17) is 15.2 Å². The minimum Gasteiger partial charge on any atom is -0.484 e. The van der Waals surface area contributed by atoms with Crippen molar-refractivity contribution in [3.63, 3.8) is 0 Å².